The lowest BCUT2D eigenvalue weighted by atomic mass is 10.2. The highest BCUT2D eigenvalue weighted by Crippen LogP contribution is 2.15. The predicted octanol–water partition coefficient (Wildman–Crippen LogP) is 3.31. The summed E-state index contributed by atoms with van der Waals surface area (Å²) in [7, 11) is 0. The number of carbonyl (C=O) groups is 1. The molecule has 0 saturated carbocycles. The number of hydrogen-bond acceptors (Lipinski definition) is 4. The number of anilines is 1. The van der Waals surface area contributed by atoms with Crippen molar-refractivity contribution in [3.05, 3.63) is 71.8 Å². The summed E-state index contributed by atoms with van der Waals surface area (Å²) in [6.07, 6.45) is 2.78. The van der Waals surface area contributed by atoms with Crippen LogP contribution < -0.4 is 5.32 Å². The number of carbonyl (C=O) groups excluding carboxylic acids is 1. The van der Waals surface area contributed by atoms with Crippen molar-refractivity contribution >= 4 is 28.7 Å². The quantitative estimate of drug-likeness (QED) is 0.593. The highest BCUT2D eigenvalue weighted by molar-refractivity contribution is 6.09. The summed E-state index contributed by atoms with van der Waals surface area (Å²) in [6, 6.07) is 14.8. The van der Waals surface area contributed by atoms with Crippen LogP contribution in [0.2, 0.25) is 0 Å². The van der Waals surface area contributed by atoms with Crippen molar-refractivity contribution in [1.82, 2.24) is 9.97 Å². The molecule has 0 bridgehead atoms. The molecule has 3 aromatic rings. The van der Waals surface area contributed by atoms with Gasteiger partial charge in [-0.3, -0.25) is 9.78 Å². The van der Waals surface area contributed by atoms with Crippen LogP contribution in [0.1, 0.15) is 5.69 Å². The van der Waals surface area contributed by atoms with E-state index in [0.29, 0.717) is 16.7 Å². The Hall–Kier alpha value is -3.59. The van der Waals surface area contributed by atoms with Gasteiger partial charge in [0.05, 0.1) is 28.6 Å². The second kappa shape index (κ2) is 6.67. The molecule has 0 aliphatic carbocycles. The van der Waals surface area contributed by atoms with E-state index in [4.69, 9.17) is 0 Å². The van der Waals surface area contributed by atoms with Gasteiger partial charge in [0, 0.05) is 0 Å². The van der Waals surface area contributed by atoms with E-state index in [2.05, 4.69) is 15.3 Å². The van der Waals surface area contributed by atoms with E-state index in [1.807, 2.05) is 18.2 Å². The highest BCUT2D eigenvalue weighted by Gasteiger charge is 2.12. The number of para-hydroxylation sites is 3. The largest absolute Gasteiger partial charge is 0.319 e. The van der Waals surface area contributed by atoms with Crippen molar-refractivity contribution in [1.29, 1.82) is 5.26 Å². The Morgan fingerprint density at radius 1 is 1.12 bits per heavy atom. The Morgan fingerprint density at radius 3 is 2.58 bits per heavy atom. The molecule has 116 valence electrons. The average Bonchev–Trinajstić information content (AvgIpc) is 2.61. The van der Waals surface area contributed by atoms with E-state index >= 15 is 0 Å². The third-order valence-electron chi connectivity index (χ3n) is 3.25. The molecule has 0 spiro atoms. The summed E-state index contributed by atoms with van der Waals surface area (Å²) < 4.78 is 13.6. The van der Waals surface area contributed by atoms with Crippen molar-refractivity contribution in [2.24, 2.45) is 0 Å². The summed E-state index contributed by atoms with van der Waals surface area (Å²) in [5.74, 6) is -1.29. The minimum Gasteiger partial charge on any atom is -0.319 e. The van der Waals surface area contributed by atoms with Crippen LogP contribution in [0.4, 0.5) is 10.1 Å². The van der Waals surface area contributed by atoms with Crippen LogP contribution in [-0.2, 0) is 4.79 Å². The molecule has 6 heteroatoms. The number of benzene rings is 2. The molecule has 24 heavy (non-hydrogen) atoms. The van der Waals surface area contributed by atoms with Gasteiger partial charge in [0.25, 0.3) is 5.91 Å². The molecule has 1 amide bonds. The van der Waals surface area contributed by atoms with Crippen molar-refractivity contribution in [3.8, 4) is 6.07 Å². The van der Waals surface area contributed by atoms with E-state index in [9.17, 15) is 14.4 Å². The Kier molecular flexibility index (Phi) is 4.25. The Balaban J connectivity index is 1.89. The number of halogens is 1. The van der Waals surface area contributed by atoms with Crippen molar-refractivity contribution < 1.29 is 9.18 Å². The Labute approximate surface area is 137 Å². The van der Waals surface area contributed by atoms with Gasteiger partial charge < -0.3 is 5.32 Å². The molecule has 1 N–H and O–H groups in total. The van der Waals surface area contributed by atoms with Gasteiger partial charge in [-0.25, -0.2) is 9.37 Å². The van der Waals surface area contributed by atoms with Crippen LogP contribution >= 0.6 is 0 Å². The van der Waals surface area contributed by atoms with Crippen LogP contribution in [0.25, 0.3) is 17.1 Å². The first-order valence-corrected chi connectivity index (χ1v) is 7.07. The van der Waals surface area contributed by atoms with E-state index in [0.717, 1.165) is 0 Å². The van der Waals surface area contributed by atoms with Crippen molar-refractivity contribution in [2.75, 3.05) is 5.32 Å². The van der Waals surface area contributed by atoms with Gasteiger partial charge in [-0.05, 0) is 30.3 Å². The molecular formula is C18H11FN4O. The monoisotopic (exact) mass is 318 g/mol. The summed E-state index contributed by atoms with van der Waals surface area (Å²) in [6.45, 7) is 0. The number of hydrogen-bond donors (Lipinski definition) is 1. The second-order valence-electron chi connectivity index (χ2n) is 4.89. The third-order valence-corrected chi connectivity index (χ3v) is 3.25. The Bertz CT molecular complexity index is 991. The van der Waals surface area contributed by atoms with Crippen LogP contribution in [0, 0.1) is 17.1 Å². The molecule has 0 aliphatic rings. The zero-order valence-corrected chi connectivity index (χ0v) is 12.4. The predicted molar refractivity (Wildman–Crippen MR) is 88.2 cm³/mol. The molecular weight excluding hydrogens is 307 g/mol. The molecule has 0 atom stereocenters. The number of nitriles is 1. The maximum Gasteiger partial charge on any atom is 0.266 e. The van der Waals surface area contributed by atoms with Gasteiger partial charge in [0.1, 0.15) is 17.5 Å². The molecule has 1 aromatic heterocycles. The lowest BCUT2D eigenvalue weighted by molar-refractivity contribution is -0.112. The maximum absolute atomic E-state index is 13.6. The smallest absolute Gasteiger partial charge is 0.266 e. The fraction of sp³-hybridized carbons (Fsp3) is 0. The molecule has 0 saturated heterocycles. The maximum atomic E-state index is 13.6. The zero-order chi connectivity index (χ0) is 16.9. The number of nitrogens with one attached hydrogen (secondary N) is 1. The first-order chi connectivity index (χ1) is 11.7. The molecule has 3 rings (SSSR count). The first-order valence-electron chi connectivity index (χ1n) is 7.07. The molecule has 0 unspecified atom stereocenters. The lowest BCUT2D eigenvalue weighted by Crippen LogP contribution is -2.14. The van der Waals surface area contributed by atoms with Gasteiger partial charge in [0.15, 0.2) is 0 Å². The third kappa shape index (κ3) is 3.25. The van der Waals surface area contributed by atoms with Gasteiger partial charge in [-0.1, -0.05) is 24.3 Å². The molecule has 0 fully saturated rings. The zero-order valence-electron chi connectivity index (χ0n) is 12.4. The number of fused-ring (bicyclic) bond motifs is 1. The highest BCUT2D eigenvalue weighted by atomic mass is 19.1. The van der Waals surface area contributed by atoms with Crippen LogP contribution in [-0.4, -0.2) is 15.9 Å². The lowest BCUT2D eigenvalue weighted by Gasteiger charge is -2.05. The first kappa shape index (κ1) is 15.3. The standard InChI is InChI=1S/C18H11FN4O/c19-14-5-1-2-6-15(14)23-18(24)12(10-20)9-13-11-21-16-7-3-4-8-17(16)22-13/h1-9,11H,(H,23,24)/b12-9+. The number of amides is 1. The summed E-state index contributed by atoms with van der Waals surface area (Å²) >= 11 is 0. The van der Waals surface area contributed by atoms with Crippen LogP contribution in [0.3, 0.4) is 0 Å². The summed E-state index contributed by atoms with van der Waals surface area (Å²) in [5.41, 5.74) is 1.55. The average molecular weight is 318 g/mol. The van der Waals surface area contributed by atoms with Gasteiger partial charge in [0.2, 0.25) is 0 Å². The minimum absolute atomic E-state index is 0.00763. The SMILES string of the molecule is N#C/C(=C\c1cnc2ccccc2n1)C(=O)Nc1ccccc1F. The fourth-order valence-electron chi connectivity index (χ4n) is 2.09. The van der Waals surface area contributed by atoms with E-state index in [1.54, 1.807) is 18.2 Å². The van der Waals surface area contributed by atoms with Gasteiger partial charge in [-0.2, -0.15) is 5.26 Å². The fourth-order valence-corrected chi connectivity index (χ4v) is 2.09. The molecule has 1 heterocycles. The van der Waals surface area contributed by atoms with E-state index in [-0.39, 0.29) is 11.3 Å². The molecule has 5 nitrogen and oxygen atoms in total. The van der Waals surface area contributed by atoms with Gasteiger partial charge in [-0.15, -0.1) is 0 Å². The minimum atomic E-state index is -0.711. The molecule has 0 aliphatic heterocycles. The normalized spacial score (nSPS) is 11.1. The van der Waals surface area contributed by atoms with E-state index < -0.39 is 11.7 Å². The summed E-state index contributed by atoms with van der Waals surface area (Å²) in [4.78, 5) is 20.7. The van der Waals surface area contributed by atoms with Gasteiger partial charge >= 0.3 is 0 Å². The summed E-state index contributed by atoms with van der Waals surface area (Å²) in [5, 5.41) is 11.6. The van der Waals surface area contributed by atoms with Crippen LogP contribution in [0.5, 0.6) is 0 Å². The molecule has 2 aromatic carbocycles. The Morgan fingerprint density at radius 2 is 1.83 bits per heavy atom. The number of rotatable bonds is 3. The number of nitrogens with zero attached hydrogens (tertiary/aromatic N) is 3. The topological polar surface area (TPSA) is 78.7 Å². The number of aromatic nitrogens is 2. The van der Waals surface area contributed by atoms with Crippen LogP contribution in [0.15, 0.2) is 60.3 Å². The second-order valence-corrected chi connectivity index (χ2v) is 4.89. The molecule has 0 radical (unpaired) electrons. The van der Waals surface area contributed by atoms with Crippen molar-refractivity contribution in [2.45, 2.75) is 0 Å². The van der Waals surface area contributed by atoms with Crippen molar-refractivity contribution in [3.63, 3.8) is 0 Å². The van der Waals surface area contributed by atoms with E-state index in [1.165, 1.54) is 30.5 Å².